The molecule has 2 N–H and O–H groups in total. The van der Waals surface area contributed by atoms with Crippen LogP contribution in [0.25, 0.3) is 0 Å². The summed E-state index contributed by atoms with van der Waals surface area (Å²) in [5, 5.41) is 9.33. The van der Waals surface area contributed by atoms with Gasteiger partial charge in [-0.3, -0.25) is 0 Å². The number of hydrogen-bond acceptors (Lipinski definition) is 1. The predicted octanol–water partition coefficient (Wildman–Crippen LogP) is 1.46. The number of rotatable bonds is 0. The molecule has 2 heterocycles. The van der Waals surface area contributed by atoms with Crippen LogP contribution in [0.3, 0.4) is 0 Å². The number of nitrogens with zero attached hydrogens (tertiary/aromatic N) is 1. The first kappa shape index (κ1) is 9.04. The highest BCUT2D eigenvalue weighted by atomic mass is 19.2. The maximum absolute atomic E-state index is 14.2. The second-order valence-electron chi connectivity index (χ2n) is 5.76. The van der Waals surface area contributed by atoms with Gasteiger partial charge in [-0.25, -0.2) is 8.78 Å². The van der Waals surface area contributed by atoms with Gasteiger partial charge in [-0.1, -0.05) is 5.06 Å². The summed E-state index contributed by atoms with van der Waals surface area (Å²) in [5.41, 5.74) is -3.23. The summed E-state index contributed by atoms with van der Waals surface area (Å²) < 4.78 is 28.4. The molecule has 0 aromatic rings. The average Bonchev–Trinajstić information content (AvgIpc) is 1.94. The number of alkyl halides is 2. The quantitative estimate of drug-likeness (QED) is 0.549. The summed E-state index contributed by atoms with van der Waals surface area (Å²) in [5.74, 6) is 0. The molecule has 0 aromatic heterocycles. The summed E-state index contributed by atoms with van der Waals surface area (Å²) >= 11 is 0. The van der Waals surface area contributed by atoms with Crippen LogP contribution in [0.15, 0.2) is 0 Å². The Morgan fingerprint density at radius 2 is 1.64 bits per heavy atom. The molecule has 4 aliphatic rings. The van der Waals surface area contributed by atoms with Crippen molar-refractivity contribution in [3.05, 3.63) is 0 Å². The van der Waals surface area contributed by atoms with Gasteiger partial charge < -0.3 is 5.21 Å². The van der Waals surface area contributed by atoms with Crippen LogP contribution >= 0.6 is 0 Å². The van der Waals surface area contributed by atoms with Crippen LogP contribution in [0.2, 0.25) is 0 Å². The first-order valence-corrected chi connectivity index (χ1v) is 5.23. The topological polar surface area (TPSA) is 26.1 Å². The Kier molecular flexibility index (Phi) is 1.38. The largest absolute Gasteiger partial charge is 0.338 e. The fraction of sp³-hybridized carbons (Fsp3) is 1.00. The molecule has 2 nitrogen and oxygen atoms in total. The third kappa shape index (κ3) is 0.959. The van der Waals surface area contributed by atoms with E-state index in [1.807, 2.05) is 6.92 Å². The summed E-state index contributed by atoms with van der Waals surface area (Å²) in [4.78, 5) is 0. The van der Waals surface area contributed by atoms with Crippen molar-refractivity contribution >= 4 is 0 Å². The molecule has 14 heavy (non-hydrogen) atoms. The molecular weight excluding hydrogens is 188 g/mol. The molecule has 2 aliphatic heterocycles. The zero-order chi connectivity index (χ0) is 10.2. The van der Waals surface area contributed by atoms with E-state index in [-0.39, 0.29) is 12.5 Å². The molecule has 4 bridgehead atoms. The van der Waals surface area contributed by atoms with Gasteiger partial charge in [0.15, 0.2) is 0 Å². The number of hydroxylamine groups is 2. The van der Waals surface area contributed by atoms with Crippen molar-refractivity contribution < 1.29 is 14.0 Å². The highest BCUT2D eigenvalue weighted by molar-refractivity contribution is 5.17. The minimum Gasteiger partial charge on any atom is -0.338 e. The van der Waals surface area contributed by atoms with Crippen molar-refractivity contribution in [2.75, 3.05) is 0 Å². The molecule has 80 valence electrons. The number of piperidine rings is 2. The van der Waals surface area contributed by atoms with Crippen molar-refractivity contribution in [2.24, 2.45) is 0 Å². The van der Waals surface area contributed by atoms with Gasteiger partial charge in [0.25, 0.3) is 0 Å². The zero-order valence-corrected chi connectivity index (χ0v) is 8.32. The van der Waals surface area contributed by atoms with Crippen LogP contribution < -0.4 is 0 Å². The molecule has 2 saturated carbocycles. The minimum absolute atomic E-state index is 0.0694. The zero-order valence-electron chi connectivity index (χ0n) is 8.32. The SMILES string of the molecule is CC12CC3(F)CC(CC(F)(C3)C1)N2[OH2+]. The van der Waals surface area contributed by atoms with Gasteiger partial charge in [0.1, 0.15) is 11.3 Å². The molecule has 0 amide bonds. The van der Waals surface area contributed by atoms with Crippen LogP contribution in [-0.4, -0.2) is 33.2 Å². The third-order valence-corrected chi connectivity index (χ3v) is 4.18. The predicted molar refractivity (Wildman–Crippen MR) is 48.4 cm³/mol. The van der Waals surface area contributed by atoms with E-state index in [4.69, 9.17) is 5.21 Å². The normalized spacial score (nSPS) is 62.1. The average molecular weight is 204 g/mol. The lowest BCUT2D eigenvalue weighted by atomic mass is 9.56. The molecule has 2 atom stereocenters. The Bertz CT molecular complexity index is 278. The lowest BCUT2D eigenvalue weighted by Gasteiger charge is -2.60. The lowest BCUT2D eigenvalue weighted by Crippen LogP contribution is -2.72. The highest BCUT2D eigenvalue weighted by Gasteiger charge is 2.68. The summed E-state index contributed by atoms with van der Waals surface area (Å²) in [6, 6.07) is -0.203. The molecular formula is C10H16F2NO+. The van der Waals surface area contributed by atoms with E-state index in [9.17, 15) is 8.78 Å². The molecule has 0 radical (unpaired) electrons. The van der Waals surface area contributed by atoms with Crippen molar-refractivity contribution in [2.45, 2.75) is 61.9 Å². The molecule has 0 aromatic carbocycles. The van der Waals surface area contributed by atoms with Crippen molar-refractivity contribution in [1.29, 1.82) is 0 Å². The standard InChI is InChI=1S/C10H15F2NO/c1-8-4-9(11)2-7(13(8)14)3-10(12,5-8)6-9/h7,14H,2-6H2,1H3/p+1. The van der Waals surface area contributed by atoms with Crippen molar-refractivity contribution in [3.63, 3.8) is 0 Å². The van der Waals surface area contributed by atoms with E-state index >= 15 is 0 Å². The monoisotopic (exact) mass is 204 g/mol. The van der Waals surface area contributed by atoms with E-state index in [2.05, 4.69) is 0 Å². The molecule has 2 aliphatic carbocycles. The maximum Gasteiger partial charge on any atom is 0.117 e. The second kappa shape index (κ2) is 2.14. The second-order valence-corrected chi connectivity index (χ2v) is 5.76. The molecule has 2 unspecified atom stereocenters. The van der Waals surface area contributed by atoms with Gasteiger partial charge in [-0.15, -0.1) is 0 Å². The Morgan fingerprint density at radius 3 is 2.07 bits per heavy atom. The van der Waals surface area contributed by atoms with E-state index in [0.717, 1.165) is 0 Å². The maximum atomic E-state index is 14.2. The van der Waals surface area contributed by atoms with Crippen LogP contribution in [0.1, 0.15) is 39.0 Å². The van der Waals surface area contributed by atoms with Crippen LogP contribution in [0, 0.1) is 0 Å². The number of halogens is 2. The van der Waals surface area contributed by atoms with Crippen molar-refractivity contribution in [3.8, 4) is 0 Å². The van der Waals surface area contributed by atoms with Gasteiger partial charge in [0.2, 0.25) is 0 Å². The van der Waals surface area contributed by atoms with Crippen molar-refractivity contribution in [1.82, 2.24) is 5.06 Å². The van der Waals surface area contributed by atoms with Gasteiger partial charge in [0, 0.05) is 32.1 Å². The molecule has 4 heteroatoms. The van der Waals surface area contributed by atoms with Gasteiger partial charge in [0.05, 0.1) is 11.6 Å². The minimum atomic E-state index is -1.33. The molecule has 4 fully saturated rings. The van der Waals surface area contributed by atoms with Crippen LogP contribution in [-0.2, 0) is 0 Å². The summed E-state index contributed by atoms with van der Waals surface area (Å²) in [6.45, 7) is 1.83. The van der Waals surface area contributed by atoms with E-state index < -0.39 is 16.9 Å². The lowest BCUT2D eigenvalue weighted by molar-refractivity contribution is -0.307. The summed E-state index contributed by atoms with van der Waals surface area (Å²) in [6.07, 6.45) is 1.47. The van der Waals surface area contributed by atoms with E-state index in [1.165, 1.54) is 5.06 Å². The van der Waals surface area contributed by atoms with Crippen LogP contribution in [0.4, 0.5) is 8.78 Å². The number of hydrogen-bond donors (Lipinski definition) is 0. The van der Waals surface area contributed by atoms with Gasteiger partial charge in [-0.05, 0) is 6.92 Å². The third-order valence-electron chi connectivity index (χ3n) is 4.18. The fourth-order valence-corrected chi connectivity index (χ4v) is 4.12. The fourth-order valence-electron chi connectivity index (χ4n) is 4.12. The molecule has 2 saturated heterocycles. The molecule has 4 rings (SSSR count). The Balaban J connectivity index is 2.06. The van der Waals surface area contributed by atoms with Gasteiger partial charge >= 0.3 is 0 Å². The van der Waals surface area contributed by atoms with E-state index in [0.29, 0.717) is 25.7 Å². The highest BCUT2D eigenvalue weighted by Crippen LogP contribution is 2.60. The Labute approximate surface area is 81.8 Å². The van der Waals surface area contributed by atoms with Gasteiger partial charge in [-0.2, -0.15) is 0 Å². The van der Waals surface area contributed by atoms with E-state index in [1.54, 1.807) is 0 Å². The molecule has 0 spiro atoms. The van der Waals surface area contributed by atoms with Crippen LogP contribution in [0.5, 0.6) is 0 Å². The Hall–Kier alpha value is -0.220. The smallest absolute Gasteiger partial charge is 0.117 e. The summed E-state index contributed by atoms with van der Waals surface area (Å²) in [7, 11) is 0. The Morgan fingerprint density at radius 1 is 1.14 bits per heavy atom. The first-order chi connectivity index (χ1) is 6.34. The first-order valence-electron chi connectivity index (χ1n) is 5.23.